The second-order valence-corrected chi connectivity index (χ2v) is 5.33. The fourth-order valence-corrected chi connectivity index (χ4v) is 1.63. The van der Waals surface area contributed by atoms with Gasteiger partial charge in [0.05, 0.1) is 0 Å². The zero-order chi connectivity index (χ0) is 16.6. The zero-order valence-corrected chi connectivity index (χ0v) is 13.4. The normalized spacial score (nSPS) is 11.8. The van der Waals surface area contributed by atoms with Crippen LogP contribution in [0.1, 0.15) is 5.82 Å². The summed E-state index contributed by atoms with van der Waals surface area (Å²) in [6.07, 6.45) is 4.35. The van der Waals surface area contributed by atoms with E-state index in [9.17, 15) is 17.3 Å². The first-order valence-corrected chi connectivity index (χ1v) is 6.72. The van der Waals surface area contributed by atoms with Crippen LogP contribution in [-0.4, -0.2) is 62.9 Å². The Hall–Kier alpha value is -1.09. The first-order chi connectivity index (χ1) is 9.50. The maximum absolute atomic E-state index is 9.75. The lowest BCUT2D eigenvalue weighted by Gasteiger charge is -2.09. The van der Waals surface area contributed by atoms with Crippen LogP contribution < -0.4 is 4.57 Å². The third-order valence-electron chi connectivity index (χ3n) is 2.83. The minimum atomic E-state index is -6.00. The molecule has 1 rings (SSSR count). The van der Waals surface area contributed by atoms with Gasteiger partial charge < -0.3 is 27.1 Å². The van der Waals surface area contributed by atoms with Crippen molar-refractivity contribution in [3.63, 3.8) is 0 Å². The monoisotopic (exact) mass is 312 g/mol. The minimum Gasteiger partial charge on any atom is -0.418 e. The minimum absolute atomic E-state index is 1.06. The molecule has 0 saturated carbocycles. The molecule has 0 aliphatic heterocycles. The Morgan fingerprint density at radius 2 is 1.52 bits per heavy atom. The van der Waals surface area contributed by atoms with Crippen LogP contribution in [0.25, 0.3) is 0 Å². The van der Waals surface area contributed by atoms with Crippen molar-refractivity contribution in [1.29, 1.82) is 0 Å². The van der Waals surface area contributed by atoms with Crippen LogP contribution in [0.5, 0.6) is 0 Å². The summed E-state index contributed by atoms with van der Waals surface area (Å²) in [5, 5.41) is 0. The number of aromatic nitrogens is 2. The summed E-state index contributed by atoms with van der Waals surface area (Å²) in [6, 6.07) is 0. The Bertz CT molecular complexity index is 369. The molecule has 0 spiro atoms. The SMILES string of the molecule is Cc1n(CCN(C)C)cc[n+]1CCN(C)C.F[B-](F)(F)F. The molecule has 0 atom stereocenters. The summed E-state index contributed by atoms with van der Waals surface area (Å²) >= 11 is 0. The molecule has 0 aromatic carbocycles. The molecule has 0 saturated heterocycles. The fourth-order valence-electron chi connectivity index (χ4n) is 1.63. The van der Waals surface area contributed by atoms with E-state index in [0.29, 0.717) is 0 Å². The largest absolute Gasteiger partial charge is 0.673 e. The van der Waals surface area contributed by atoms with Crippen LogP contribution in [-0.2, 0) is 13.1 Å². The van der Waals surface area contributed by atoms with Crippen molar-refractivity contribution in [2.75, 3.05) is 41.3 Å². The van der Waals surface area contributed by atoms with E-state index in [1.54, 1.807) is 0 Å². The van der Waals surface area contributed by atoms with Gasteiger partial charge in [-0.1, -0.05) is 0 Å². The molecule has 1 heterocycles. The average molecular weight is 312 g/mol. The Morgan fingerprint density at radius 3 is 1.95 bits per heavy atom. The standard InChI is InChI=1S/C12H25N4.BF4/c1-12-15(8-6-13(2)3)10-11-16(12)9-7-14(4)5;2-1(3,4)5/h10-11H,6-9H2,1-5H3;/q+1;-1. The second-order valence-electron chi connectivity index (χ2n) is 5.33. The predicted molar refractivity (Wildman–Crippen MR) is 76.7 cm³/mol. The van der Waals surface area contributed by atoms with E-state index in [1.165, 1.54) is 5.82 Å². The Morgan fingerprint density at radius 1 is 1.05 bits per heavy atom. The molecule has 1 aromatic heterocycles. The highest BCUT2D eigenvalue weighted by atomic mass is 19.5. The maximum atomic E-state index is 9.75. The molecule has 9 heteroatoms. The van der Waals surface area contributed by atoms with Gasteiger partial charge in [-0.25, -0.2) is 9.13 Å². The molecule has 4 nitrogen and oxygen atoms in total. The van der Waals surface area contributed by atoms with Gasteiger partial charge >= 0.3 is 7.25 Å². The van der Waals surface area contributed by atoms with Crippen LogP contribution in [0.4, 0.5) is 17.3 Å². The molecule has 0 radical (unpaired) electrons. The highest BCUT2D eigenvalue weighted by molar-refractivity contribution is 6.50. The topological polar surface area (TPSA) is 15.3 Å². The number of halogens is 4. The Balaban J connectivity index is 0.000000690. The molecule has 124 valence electrons. The molecule has 0 N–H and O–H groups in total. The first-order valence-electron chi connectivity index (χ1n) is 6.72. The summed E-state index contributed by atoms with van der Waals surface area (Å²) < 4.78 is 43.6. The molecule has 0 amide bonds. The van der Waals surface area contributed by atoms with Gasteiger partial charge in [0.25, 0.3) is 5.82 Å². The van der Waals surface area contributed by atoms with E-state index in [1.807, 2.05) is 0 Å². The summed E-state index contributed by atoms with van der Waals surface area (Å²) in [4.78, 5) is 4.42. The number of hydrogen-bond donors (Lipinski definition) is 0. The van der Waals surface area contributed by atoms with Gasteiger partial charge in [0.2, 0.25) is 0 Å². The second kappa shape index (κ2) is 9.04. The quantitative estimate of drug-likeness (QED) is 0.449. The van der Waals surface area contributed by atoms with Gasteiger partial charge in [-0.05, 0) is 28.2 Å². The number of likely N-dealkylation sites (N-methyl/N-ethyl adjacent to an activating group) is 2. The lowest BCUT2D eigenvalue weighted by Crippen LogP contribution is -2.40. The molecule has 0 aliphatic rings. The third kappa shape index (κ3) is 11.3. The maximum Gasteiger partial charge on any atom is 0.673 e. The van der Waals surface area contributed by atoms with Crippen LogP contribution in [0.15, 0.2) is 12.4 Å². The van der Waals surface area contributed by atoms with Crippen molar-refractivity contribution in [3.05, 3.63) is 18.2 Å². The van der Waals surface area contributed by atoms with Crippen molar-refractivity contribution in [3.8, 4) is 0 Å². The van der Waals surface area contributed by atoms with E-state index >= 15 is 0 Å². The van der Waals surface area contributed by atoms with Crippen molar-refractivity contribution in [2.24, 2.45) is 0 Å². The average Bonchev–Trinajstić information content (AvgIpc) is 2.62. The summed E-state index contributed by atoms with van der Waals surface area (Å²) in [6.45, 7) is 6.49. The summed E-state index contributed by atoms with van der Waals surface area (Å²) in [5.74, 6) is 1.34. The molecule has 21 heavy (non-hydrogen) atoms. The van der Waals surface area contributed by atoms with E-state index in [2.05, 4.69) is 66.4 Å². The Kier molecular flexibility index (Phi) is 8.57. The molecular formula is C12H25BF4N4. The third-order valence-corrected chi connectivity index (χ3v) is 2.83. The Labute approximate surface area is 124 Å². The number of nitrogens with zero attached hydrogens (tertiary/aromatic N) is 4. The van der Waals surface area contributed by atoms with Crippen molar-refractivity contribution < 1.29 is 21.8 Å². The van der Waals surface area contributed by atoms with Crippen LogP contribution >= 0.6 is 0 Å². The lowest BCUT2D eigenvalue weighted by atomic mass is 10.3. The van der Waals surface area contributed by atoms with Crippen LogP contribution in [0.2, 0.25) is 0 Å². The van der Waals surface area contributed by atoms with Gasteiger partial charge in [-0.3, -0.25) is 0 Å². The molecule has 0 bridgehead atoms. The number of rotatable bonds is 6. The van der Waals surface area contributed by atoms with E-state index < -0.39 is 7.25 Å². The summed E-state index contributed by atoms with van der Waals surface area (Å²) in [7, 11) is 2.44. The van der Waals surface area contributed by atoms with Gasteiger partial charge in [0.15, 0.2) is 0 Å². The number of imidazole rings is 1. The van der Waals surface area contributed by atoms with Gasteiger partial charge in [0.1, 0.15) is 25.5 Å². The first kappa shape index (κ1) is 19.9. The predicted octanol–water partition coefficient (Wildman–Crippen LogP) is 1.51. The highest BCUT2D eigenvalue weighted by Crippen LogP contribution is 2.06. The fraction of sp³-hybridized carbons (Fsp3) is 0.750. The van der Waals surface area contributed by atoms with Crippen LogP contribution in [0, 0.1) is 6.92 Å². The van der Waals surface area contributed by atoms with Gasteiger partial charge in [-0.2, -0.15) is 0 Å². The van der Waals surface area contributed by atoms with Crippen molar-refractivity contribution >= 4 is 7.25 Å². The van der Waals surface area contributed by atoms with Crippen LogP contribution in [0.3, 0.4) is 0 Å². The number of hydrogen-bond acceptors (Lipinski definition) is 2. The van der Waals surface area contributed by atoms with E-state index in [0.717, 1.165) is 26.2 Å². The van der Waals surface area contributed by atoms with Gasteiger partial charge in [0, 0.05) is 20.0 Å². The summed E-state index contributed by atoms with van der Waals surface area (Å²) in [5.41, 5.74) is 0. The lowest BCUT2D eigenvalue weighted by molar-refractivity contribution is -0.701. The smallest absolute Gasteiger partial charge is 0.418 e. The highest BCUT2D eigenvalue weighted by Gasteiger charge is 2.20. The molecule has 0 aliphatic carbocycles. The van der Waals surface area contributed by atoms with Crippen molar-refractivity contribution in [1.82, 2.24) is 14.4 Å². The van der Waals surface area contributed by atoms with Gasteiger partial charge in [-0.15, -0.1) is 0 Å². The van der Waals surface area contributed by atoms with Crippen molar-refractivity contribution in [2.45, 2.75) is 20.0 Å². The molecule has 0 fully saturated rings. The molecular weight excluding hydrogens is 287 g/mol. The zero-order valence-electron chi connectivity index (χ0n) is 13.4. The van der Waals surface area contributed by atoms with E-state index in [4.69, 9.17) is 0 Å². The molecule has 0 unspecified atom stereocenters. The van der Waals surface area contributed by atoms with E-state index in [-0.39, 0.29) is 0 Å². The molecule has 1 aromatic rings.